The van der Waals surface area contributed by atoms with E-state index in [1.54, 1.807) is 29.2 Å². The highest BCUT2D eigenvalue weighted by Gasteiger charge is 2.49. The van der Waals surface area contributed by atoms with Crippen molar-refractivity contribution in [3.05, 3.63) is 76.1 Å². The van der Waals surface area contributed by atoms with Crippen molar-refractivity contribution in [2.45, 2.75) is 58.1 Å². The minimum absolute atomic E-state index is 0.0221. The van der Waals surface area contributed by atoms with Crippen LogP contribution in [0.2, 0.25) is 0 Å². The summed E-state index contributed by atoms with van der Waals surface area (Å²) in [5.41, 5.74) is -0.146. The molecular weight excluding hydrogens is 682 g/mol. The number of aromatic hydroxyl groups is 1. The van der Waals surface area contributed by atoms with Gasteiger partial charge in [0.25, 0.3) is 5.92 Å². The second-order valence-corrected chi connectivity index (χ2v) is 15.0. The molecule has 1 saturated heterocycles. The Morgan fingerprint density at radius 3 is 2.32 bits per heavy atom. The van der Waals surface area contributed by atoms with Gasteiger partial charge >= 0.3 is 12.2 Å². The number of hydrogen-bond acceptors (Lipinski definition) is 7. The van der Waals surface area contributed by atoms with Crippen molar-refractivity contribution in [2.24, 2.45) is 5.41 Å². The molecule has 266 valence electrons. The van der Waals surface area contributed by atoms with Gasteiger partial charge in [-0.3, -0.25) is 10.3 Å². The van der Waals surface area contributed by atoms with Gasteiger partial charge in [-0.05, 0) is 55.1 Å². The number of aromatic nitrogens is 2. The lowest BCUT2D eigenvalue weighted by atomic mass is 9.71. The fourth-order valence-corrected chi connectivity index (χ4v) is 7.60. The van der Waals surface area contributed by atoms with Crippen LogP contribution >= 0.6 is 11.3 Å². The number of rotatable bonds is 6. The quantitative estimate of drug-likeness (QED) is 0.172. The number of thiazole rings is 1. The van der Waals surface area contributed by atoms with Crippen molar-refractivity contribution in [3.8, 4) is 16.9 Å². The minimum atomic E-state index is -4.68. The summed E-state index contributed by atoms with van der Waals surface area (Å²) in [6.07, 6.45) is -2.57. The van der Waals surface area contributed by atoms with Crippen LogP contribution in [0.15, 0.2) is 54.0 Å². The average molecular weight is 719 g/mol. The molecule has 3 N–H and O–H groups in total. The summed E-state index contributed by atoms with van der Waals surface area (Å²) in [6, 6.07) is 8.94. The molecule has 1 spiro atoms. The van der Waals surface area contributed by atoms with Crippen LogP contribution in [-0.2, 0) is 17.5 Å². The summed E-state index contributed by atoms with van der Waals surface area (Å²) in [6.45, 7) is 9.52. The van der Waals surface area contributed by atoms with Crippen molar-refractivity contribution in [1.29, 1.82) is 0 Å². The number of likely N-dealkylation sites (tertiary alicyclic amines) is 1. The lowest BCUT2D eigenvalue weighted by molar-refractivity contribution is -0.141. The number of piperidine rings is 1. The van der Waals surface area contributed by atoms with Crippen molar-refractivity contribution in [3.63, 3.8) is 0 Å². The Kier molecular flexibility index (Phi) is 9.04. The molecule has 4 heterocycles. The van der Waals surface area contributed by atoms with E-state index in [2.05, 4.69) is 46.3 Å². The van der Waals surface area contributed by atoms with Crippen molar-refractivity contribution in [1.82, 2.24) is 14.9 Å². The number of anilines is 4. The highest BCUT2D eigenvalue weighted by molar-refractivity contribution is 7.10. The molecule has 0 saturated carbocycles. The third-order valence-electron chi connectivity index (χ3n) is 8.91. The Balaban J connectivity index is 1.41. The molecule has 2 aromatic carbocycles. The van der Waals surface area contributed by atoms with Crippen LogP contribution in [0.5, 0.6) is 5.75 Å². The molecule has 0 aliphatic carbocycles. The van der Waals surface area contributed by atoms with E-state index >= 15 is 4.39 Å². The molecule has 2 amide bonds. The van der Waals surface area contributed by atoms with E-state index in [9.17, 15) is 31.9 Å². The van der Waals surface area contributed by atoms with Gasteiger partial charge in [0.15, 0.2) is 5.01 Å². The molecule has 2 aliphatic rings. The summed E-state index contributed by atoms with van der Waals surface area (Å²) in [5, 5.41) is 17.5. The number of halogens is 6. The highest BCUT2D eigenvalue weighted by Crippen LogP contribution is 2.58. The van der Waals surface area contributed by atoms with Gasteiger partial charge < -0.3 is 20.2 Å². The number of pyridine rings is 1. The zero-order valence-electron chi connectivity index (χ0n) is 27.8. The van der Waals surface area contributed by atoms with Crippen LogP contribution in [0.3, 0.4) is 0 Å². The molecule has 15 heteroatoms. The summed E-state index contributed by atoms with van der Waals surface area (Å²) in [5.74, 6) is -4.40. The van der Waals surface area contributed by atoms with Gasteiger partial charge in [-0.15, -0.1) is 11.3 Å². The molecule has 8 nitrogen and oxygen atoms in total. The van der Waals surface area contributed by atoms with Crippen LogP contribution in [0.4, 0.5) is 54.0 Å². The first-order chi connectivity index (χ1) is 23.3. The number of nitrogens with zero attached hydrogens (tertiary/aromatic N) is 4. The van der Waals surface area contributed by atoms with Gasteiger partial charge in [0.05, 0.1) is 17.1 Å². The summed E-state index contributed by atoms with van der Waals surface area (Å²) >= 11 is 0.706. The summed E-state index contributed by atoms with van der Waals surface area (Å²) in [4.78, 5) is 24.6. The van der Waals surface area contributed by atoms with Crippen molar-refractivity contribution < 1.29 is 36.2 Å². The molecule has 4 aromatic rings. The Bertz CT molecular complexity index is 1890. The molecule has 2 aromatic heterocycles. The largest absolute Gasteiger partial charge is 0.506 e. The molecule has 0 atom stereocenters. The summed E-state index contributed by atoms with van der Waals surface area (Å²) < 4.78 is 83.7. The topological polar surface area (TPSA) is 93.6 Å². The molecule has 0 radical (unpaired) electrons. The lowest BCUT2D eigenvalue weighted by Gasteiger charge is -2.42. The predicted molar refractivity (Wildman–Crippen MR) is 181 cm³/mol. The van der Waals surface area contributed by atoms with Crippen LogP contribution in [0, 0.1) is 11.2 Å². The molecule has 0 bridgehead atoms. The maximum absolute atomic E-state index is 16.1. The van der Waals surface area contributed by atoms with E-state index in [0.717, 1.165) is 24.9 Å². The second kappa shape index (κ2) is 12.7. The fourth-order valence-electron chi connectivity index (χ4n) is 6.91. The third-order valence-corrected chi connectivity index (χ3v) is 9.92. The van der Waals surface area contributed by atoms with E-state index in [-0.39, 0.29) is 40.3 Å². The Morgan fingerprint density at radius 1 is 1.02 bits per heavy atom. The van der Waals surface area contributed by atoms with Crippen molar-refractivity contribution in [2.75, 3.05) is 41.7 Å². The first kappa shape index (κ1) is 35.5. The zero-order valence-corrected chi connectivity index (χ0v) is 28.6. The number of amides is 2. The Morgan fingerprint density at radius 2 is 1.72 bits per heavy atom. The number of phenols is 1. The van der Waals surface area contributed by atoms with Gasteiger partial charge in [0.2, 0.25) is 0 Å². The molecule has 2 aliphatic heterocycles. The van der Waals surface area contributed by atoms with E-state index in [0.29, 0.717) is 61.1 Å². The van der Waals surface area contributed by atoms with Crippen LogP contribution < -0.4 is 15.5 Å². The number of benzene rings is 2. The maximum atomic E-state index is 16.1. The number of carbonyl (C=O) groups is 1. The Hall–Kier alpha value is -4.37. The first-order valence-electron chi connectivity index (χ1n) is 15.9. The van der Waals surface area contributed by atoms with Gasteiger partial charge in [-0.1, -0.05) is 39.0 Å². The lowest BCUT2D eigenvalue weighted by Crippen LogP contribution is -2.47. The highest BCUT2D eigenvalue weighted by atomic mass is 32.1. The number of phenolic OH excluding ortho intramolecular Hbond substituents is 1. The van der Waals surface area contributed by atoms with E-state index in [4.69, 9.17) is 0 Å². The van der Waals surface area contributed by atoms with Crippen LogP contribution in [-0.4, -0.2) is 52.2 Å². The monoisotopic (exact) mass is 718 g/mol. The standard InChI is InChI=1S/C35H36F6N6O2S/c1-32(2,3)18-46-13-11-34(12-14-46)19-47(23-8-6-5-7-22(23)43-31(49)45-26-17-50-30(44-26)33(4,37)38)29-24(48)15-21(36)27(28(29)34)20-9-10-25(42-16-20)35(39,40)41/h5-10,15-17,48H,11-14,18-19H2,1-4H3,(H2,43,45,49). The average Bonchev–Trinajstić information content (AvgIpc) is 3.62. The SMILES string of the molecule is CC(C)(C)CN1CCC2(CC1)CN(c1ccccc1NC(=O)Nc1csc(C(C)(F)F)n1)c1c(O)cc(F)c(-c3ccc(C(F)(F)F)nc3)c12. The van der Waals surface area contributed by atoms with Gasteiger partial charge in [-0.25, -0.2) is 14.2 Å². The second-order valence-electron chi connectivity index (χ2n) is 14.1. The number of hydrogen-bond donors (Lipinski definition) is 3. The number of para-hydroxylation sites is 2. The third kappa shape index (κ3) is 7.11. The van der Waals surface area contributed by atoms with Gasteiger partial charge in [0, 0.05) is 54.2 Å². The maximum Gasteiger partial charge on any atom is 0.433 e. The molecule has 50 heavy (non-hydrogen) atoms. The minimum Gasteiger partial charge on any atom is -0.506 e. The van der Waals surface area contributed by atoms with Gasteiger partial charge in [0.1, 0.15) is 23.1 Å². The number of urea groups is 1. The molecule has 6 rings (SSSR count). The molecular formula is C35H36F6N6O2S. The van der Waals surface area contributed by atoms with E-state index < -0.39 is 40.1 Å². The Labute approximate surface area is 289 Å². The number of fused-ring (bicyclic) bond motifs is 2. The zero-order chi connectivity index (χ0) is 36.2. The first-order valence-corrected chi connectivity index (χ1v) is 16.8. The van der Waals surface area contributed by atoms with E-state index in [1.165, 1.54) is 11.4 Å². The van der Waals surface area contributed by atoms with Crippen molar-refractivity contribution >= 4 is 40.2 Å². The number of alkyl halides is 5. The normalized spacial score (nSPS) is 16.5. The molecule has 1 fully saturated rings. The number of carbonyl (C=O) groups excluding carboxylic acids is 1. The number of nitrogens with one attached hydrogen (secondary N) is 2. The fraction of sp³-hybridized carbons (Fsp3) is 0.400. The molecule has 0 unspecified atom stereocenters. The van der Waals surface area contributed by atoms with E-state index in [1.807, 2.05) is 0 Å². The van der Waals surface area contributed by atoms with Crippen LogP contribution in [0.25, 0.3) is 11.1 Å². The van der Waals surface area contributed by atoms with Gasteiger partial charge in [-0.2, -0.15) is 22.0 Å². The smallest absolute Gasteiger partial charge is 0.433 e. The van der Waals surface area contributed by atoms with Crippen LogP contribution in [0.1, 0.15) is 56.8 Å². The predicted octanol–water partition coefficient (Wildman–Crippen LogP) is 9.36. The summed E-state index contributed by atoms with van der Waals surface area (Å²) in [7, 11) is 0.